The Hall–Kier alpha value is -3.33. The number of carbonyl (C=O) groups excluding carboxylic acids is 1. The van der Waals surface area contributed by atoms with E-state index >= 15 is 0 Å². The summed E-state index contributed by atoms with van der Waals surface area (Å²) in [5.74, 6) is 0.469. The number of esters is 1. The summed E-state index contributed by atoms with van der Waals surface area (Å²) >= 11 is 0. The summed E-state index contributed by atoms with van der Waals surface area (Å²) in [5.41, 5.74) is 3.81. The van der Waals surface area contributed by atoms with Crippen LogP contribution in [0, 0.1) is 0 Å². The molecule has 3 nitrogen and oxygen atoms in total. The lowest BCUT2D eigenvalue weighted by atomic mass is 10.1. The molecule has 29 heavy (non-hydrogen) atoms. The van der Waals surface area contributed by atoms with E-state index in [4.69, 9.17) is 9.47 Å². The summed E-state index contributed by atoms with van der Waals surface area (Å²) in [5, 5.41) is 0. The maximum absolute atomic E-state index is 11.8. The van der Waals surface area contributed by atoms with Gasteiger partial charge in [-0.3, -0.25) is 0 Å². The van der Waals surface area contributed by atoms with Gasteiger partial charge in [-0.05, 0) is 67.3 Å². The molecule has 3 aromatic rings. The molecule has 0 saturated carbocycles. The first-order chi connectivity index (χ1) is 13.9. The van der Waals surface area contributed by atoms with E-state index in [1.165, 1.54) is 11.6 Å². The van der Waals surface area contributed by atoms with Crippen LogP contribution < -0.4 is 4.74 Å². The van der Waals surface area contributed by atoms with E-state index < -0.39 is 5.60 Å². The van der Waals surface area contributed by atoms with Gasteiger partial charge < -0.3 is 9.47 Å². The van der Waals surface area contributed by atoms with Gasteiger partial charge in [0, 0.05) is 6.08 Å². The molecule has 3 aromatic carbocycles. The van der Waals surface area contributed by atoms with Crippen molar-refractivity contribution in [3.8, 4) is 16.9 Å². The summed E-state index contributed by atoms with van der Waals surface area (Å²) < 4.78 is 11.2. The fraction of sp³-hybridized carbons (Fsp3) is 0.192. The fourth-order valence-electron chi connectivity index (χ4n) is 2.83. The van der Waals surface area contributed by atoms with Crippen LogP contribution in [0.1, 0.15) is 31.9 Å². The van der Waals surface area contributed by atoms with Gasteiger partial charge in [-0.1, -0.05) is 60.7 Å². The highest BCUT2D eigenvalue weighted by molar-refractivity contribution is 5.87. The molecule has 0 saturated heterocycles. The third-order valence-electron chi connectivity index (χ3n) is 4.14. The molecule has 0 unspecified atom stereocenters. The summed E-state index contributed by atoms with van der Waals surface area (Å²) in [6, 6.07) is 26.2. The minimum atomic E-state index is -0.493. The van der Waals surface area contributed by atoms with Crippen LogP contribution in [0.2, 0.25) is 0 Å². The van der Waals surface area contributed by atoms with Crippen LogP contribution in [0.3, 0.4) is 0 Å². The van der Waals surface area contributed by atoms with Crippen LogP contribution >= 0.6 is 0 Å². The van der Waals surface area contributed by atoms with Crippen LogP contribution in [0.15, 0.2) is 84.9 Å². The van der Waals surface area contributed by atoms with Crippen LogP contribution in [-0.4, -0.2) is 11.6 Å². The molecule has 148 valence electrons. The fourth-order valence-corrected chi connectivity index (χ4v) is 2.83. The second kappa shape index (κ2) is 9.24. The number of hydrogen-bond donors (Lipinski definition) is 0. The van der Waals surface area contributed by atoms with Crippen LogP contribution in [0.25, 0.3) is 17.2 Å². The Morgan fingerprint density at radius 1 is 0.862 bits per heavy atom. The lowest BCUT2D eigenvalue weighted by molar-refractivity contribution is -0.148. The molecule has 0 spiro atoms. The molecule has 0 aliphatic carbocycles. The third-order valence-corrected chi connectivity index (χ3v) is 4.14. The van der Waals surface area contributed by atoms with Crippen LogP contribution in [-0.2, 0) is 16.1 Å². The number of rotatable bonds is 6. The van der Waals surface area contributed by atoms with Crippen molar-refractivity contribution in [2.75, 3.05) is 0 Å². The largest absolute Gasteiger partial charge is 0.489 e. The molecule has 0 N–H and O–H groups in total. The van der Waals surface area contributed by atoms with Crippen LogP contribution in [0.4, 0.5) is 0 Å². The van der Waals surface area contributed by atoms with Gasteiger partial charge in [-0.25, -0.2) is 4.79 Å². The third kappa shape index (κ3) is 6.65. The van der Waals surface area contributed by atoms with E-state index in [1.54, 1.807) is 6.08 Å². The van der Waals surface area contributed by atoms with Gasteiger partial charge in [-0.2, -0.15) is 0 Å². The van der Waals surface area contributed by atoms with Gasteiger partial charge in [0.25, 0.3) is 0 Å². The average molecular weight is 386 g/mol. The van der Waals surface area contributed by atoms with Crippen molar-refractivity contribution in [3.63, 3.8) is 0 Å². The van der Waals surface area contributed by atoms with E-state index in [0.717, 1.165) is 22.4 Å². The predicted octanol–water partition coefficient (Wildman–Crippen LogP) is 6.29. The number of carbonyl (C=O) groups is 1. The van der Waals surface area contributed by atoms with Gasteiger partial charge in [0.1, 0.15) is 18.0 Å². The molecule has 0 bridgehead atoms. The van der Waals surface area contributed by atoms with Crippen molar-refractivity contribution in [1.82, 2.24) is 0 Å². The Bertz CT molecular complexity index is 965. The first kappa shape index (κ1) is 20.4. The zero-order valence-electron chi connectivity index (χ0n) is 17.1. The predicted molar refractivity (Wildman–Crippen MR) is 118 cm³/mol. The lowest BCUT2D eigenvalue weighted by Crippen LogP contribution is -2.22. The van der Waals surface area contributed by atoms with Gasteiger partial charge in [0.05, 0.1) is 0 Å². The Kier molecular flexibility index (Phi) is 6.50. The Balaban J connectivity index is 1.58. The van der Waals surface area contributed by atoms with Crippen molar-refractivity contribution in [3.05, 3.63) is 96.1 Å². The maximum atomic E-state index is 11.8. The Morgan fingerprint density at radius 3 is 2.24 bits per heavy atom. The standard InChI is InChI=1S/C26H26O3/c1-26(2,3)29-25(27)17-12-20-8-7-9-21(18-20)19-28-24-15-13-23(14-16-24)22-10-5-4-6-11-22/h4-18H,19H2,1-3H3. The summed E-state index contributed by atoms with van der Waals surface area (Å²) in [6.45, 7) is 6.01. The molecular formula is C26H26O3. The van der Waals surface area contributed by atoms with Gasteiger partial charge in [0.2, 0.25) is 0 Å². The lowest BCUT2D eigenvalue weighted by Gasteiger charge is -2.17. The first-order valence-electron chi connectivity index (χ1n) is 9.67. The van der Waals surface area contributed by atoms with Gasteiger partial charge in [-0.15, -0.1) is 0 Å². The van der Waals surface area contributed by atoms with E-state index in [0.29, 0.717) is 6.61 Å². The van der Waals surface area contributed by atoms with E-state index in [9.17, 15) is 4.79 Å². The number of ether oxygens (including phenoxy) is 2. The van der Waals surface area contributed by atoms with Crippen molar-refractivity contribution in [2.45, 2.75) is 33.0 Å². The maximum Gasteiger partial charge on any atom is 0.331 e. The second-order valence-corrected chi connectivity index (χ2v) is 7.79. The SMILES string of the molecule is CC(C)(C)OC(=O)C=Cc1cccc(COc2ccc(-c3ccccc3)cc2)c1. The van der Waals surface area contributed by atoms with Crippen LogP contribution in [0.5, 0.6) is 5.75 Å². The molecule has 0 atom stereocenters. The molecule has 0 amide bonds. The Morgan fingerprint density at radius 2 is 1.55 bits per heavy atom. The van der Waals surface area contributed by atoms with Crippen molar-refractivity contribution in [2.24, 2.45) is 0 Å². The highest BCUT2D eigenvalue weighted by Crippen LogP contribution is 2.22. The molecule has 0 aliphatic heterocycles. The number of hydrogen-bond acceptors (Lipinski definition) is 3. The topological polar surface area (TPSA) is 35.5 Å². The molecule has 3 rings (SSSR count). The highest BCUT2D eigenvalue weighted by atomic mass is 16.6. The summed E-state index contributed by atoms with van der Waals surface area (Å²) in [6.07, 6.45) is 3.21. The normalized spacial score (nSPS) is 11.4. The first-order valence-corrected chi connectivity index (χ1v) is 9.67. The highest BCUT2D eigenvalue weighted by Gasteiger charge is 2.13. The smallest absolute Gasteiger partial charge is 0.331 e. The van der Waals surface area contributed by atoms with E-state index in [2.05, 4.69) is 24.3 Å². The Labute approximate surface area is 172 Å². The van der Waals surface area contributed by atoms with Crippen molar-refractivity contribution < 1.29 is 14.3 Å². The zero-order valence-corrected chi connectivity index (χ0v) is 17.1. The van der Waals surface area contributed by atoms with E-state index in [-0.39, 0.29) is 5.97 Å². The molecule has 0 fully saturated rings. The molecular weight excluding hydrogens is 360 g/mol. The molecule has 0 aliphatic rings. The molecule has 0 heterocycles. The quantitative estimate of drug-likeness (QED) is 0.369. The minimum absolute atomic E-state index is 0.349. The van der Waals surface area contributed by atoms with E-state index in [1.807, 2.05) is 75.4 Å². The monoisotopic (exact) mass is 386 g/mol. The average Bonchev–Trinajstić information content (AvgIpc) is 2.71. The molecule has 0 aromatic heterocycles. The minimum Gasteiger partial charge on any atom is -0.489 e. The van der Waals surface area contributed by atoms with Crippen molar-refractivity contribution >= 4 is 12.0 Å². The number of benzene rings is 3. The van der Waals surface area contributed by atoms with Gasteiger partial charge >= 0.3 is 5.97 Å². The second-order valence-electron chi connectivity index (χ2n) is 7.79. The van der Waals surface area contributed by atoms with Crippen molar-refractivity contribution in [1.29, 1.82) is 0 Å². The van der Waals surface area contributed by atoms with Gasteiger partial charge in [0.15, 0.2) is 0 Å². The molecule has 3 heteroatoms. The zero-order chi connectivity index (χ0) is 20.7. The molecule has 0 radical (unpaired) electrons. The summed E-state index contributed by atoms with van der Waals surface area (Å²) in [4.78, 5) is 11.8. The summed E-state index contributed by atoms with van der Waals surface area (Å²) in [7, 11) is 0.